The van der Waals surface area contributed by atoms with Gasteiger partial charge in [-0.25, -0.2) is 8.78 Å². The zero-order chi connectivity index (χ0) is 15.2. The van der Waals surface area contributed by atoms with Gasteiger partial charge in [0.2, 0.25) is 0 Å². The smallest absolute Gasteiger partial charge is 0.145 e. The summed E-state index contributed by atoms with van der Waals surface area (Å²) in [6.07, 6.45) is 0. The Morgan fingerprint density at radius 1 is 1.10 bits per heavy atom. The fourth-order valence-corrected chi connectivity index (χ4v) is 1.73. The number of ether oxygens (including phenoxy) is 1. The lowest BCUT2D eigenvalue weighted by atomic mass is 10.1. The fraction of sp³-hybridized carbons (Fsp3) is 0.125. The van der Waals surface area contributed by atoms with Crippen LogP contribution in [0.15, 0.2) is 36.4 Å². The normalized spacial score (nSPS) is 9.90. The van der Waals surface area contributed by atoms with Gasteiger partial charge < -0.3 is 9.84 Å². The van der Waals surface area contributed by atoms with Crippen molar-refractivity contribution in [3.63, 3.8) is 0 Å². The molecule has 0 radical (unpaired) electrons. The molecule has 2 aromatic carbocycles. The van der Waals surface area contributed by atoms with E-state index in [0.717, 1.165) is 6.07 Å². The summed E-state index contributed by atoms with van der Waals surface area (Å²) in [4.78, 5) is 0. The molecule has 0 aromatic heterocycles. The quantitative estimate of drug-likeness (QED) is 0.879. The van der Waals surface area contributed by atoms with E-state index in [-0.39, 0.29) is 24.0 Å². The molecule has 0 unspecified atom stereocenters. The van der Waals surface area contributed by atoms with Gasteiger partial charge in [0.15, 0.2) is 0 Å². The second kappa shape index (κ2) is 7.07. The van der Waals surface area contributed by atoms with E-state index in [1.807, 2.05) is 0 Å². The van der Waals surface area contributed by atoms with E-state index in [9.17, 15) is 8.78 Å². The molecule has 1 N–H and O–H groups in total. The molecule has 0 aliphatic carbocycles. The highest BCUT2D eigenvalue weighted by molar-refractivity contribution is 6.30. The Morgan fingerprint density at radius 3 is 2.57 bits per heavy atom. The lowest BCUT2D eigenvalue weighted by Gasteiger charge is -2.08. The number of hydrogen-bond acceptors (Lipinski definition) is 2. The van der Waals surface area contributed by atoms with Crippen molar-refractivity contribution in [1.29, 1.82) is 0 Å². The third-order valence-corrected chi connectivity index (χ3v) is 2.96. The van der Waals surface area contributed by atoms with Crippen LogP contribution in [0.1, 0.15) is 11.1 Å². The van der Waals surface area contributed by atoms with Crippen LogP contribution in [-0.4, -0.2) is 11.7 Å². The van der Waals surface area contributed by atoms with Gasteiger partial charge in [0.1, 0.15) is 30.6 Å². The van der Waals surface area contributed by atoms with E-state index in [2.05, 4.69) is 11.8 Å². The molecule has 21 heavy (non-hydrogen) atoms. The van der Waals surface area contributed by atoms with Crippen molar-refractivity contribution < 1.29 is 18.6 Å². The maximum absolute atomic E-state index is 13.8. The maximum atomic E-state index is 13.8. The standard InChI is InChI=1S/C16H11ClF2O2/c17-14-6-5-13(9-16(14)19)21-10-12-4-3-11(2-1-7-20)8-15(12)18/h3-6,8-9,20H,7,10H2. The topological polar surface area (TPSA) is 29.5 Å². The molecule has 5 heteroatoms. The van der Waals surface area contributed by atoms with Gasteiger partial charge in [-0.15, -0.1) is 0 Å². The molecule has 0 amide bonds. The first-order valence-electron chi connectivity index (χ1n) is 6.06. The van der Waals surface area contributed by atoms with E-state index in [1.54, 1.807) is 6.07 Å². The van der Waals surface area contributed by atoms with Crippen LogP contribution >= 0.6 is 11.6 Å². The summed E-state index contributed by atoms with van der Waals surface area (Å²) in [6, 6.07) is 8.42. The Balaban J connectivity index is 2.07. The highest BCUT2D eigenvalue weighted by Gasteiger charge is 2.06. The Bertz CT molecular complexity index is 705. The Labute approximate surface area is 125 Å². The van der Waals surface area contributed by atoms with E-state index < -0.39 is 11.6 Å². The summed E-state index contributed by atoms with van der Waals surface area (Å²) >= 11 is 5.56. The molecule has 0 fully saturated rings. The molecule has 2 rings (SSSR count). The molecule has 0 heterocycles. The highest BCUT2D eigenvalue weighted by atomic mass is 35.5. The van der Waals surface area contributed by atoms with Crippen molar-refractivity contribution in [2.45, 2.75) is 6.61 Å². The molecular weight excluding hydrogens is 298 g/mol. The molecule has 0 spiro atoms. The van der Waals surface area contributed by atoms with E-state index >= 15 is 0 Å². The summed E-state index contributed by atoms with van der Waals surface area (Å²) in [5.74, 6) is 4.23. The molecule has 2 nitrogen and oxygen atoms in total. The molecule has 0 saturated heterocycles. The number of aliphatic hydroxyl groups is 1. The molecule has 0 atom stereocenters. The Hall–Kier alpha value is -2.09. The Morgan fingerprint density at radius 2 is 1.90 bits per heavy atom. The maximum Gasteiger partial charge on any atom is 0.145 e. The third kappa shape index (κ3) is 4.19. The lowest BCUT2D eigenvalue weighted by molar-refractivity contribution is 0.298. The van der Waals surface area contributed by atoms with Crippen molar-refractivity contribution in [3.8, 4) is 17.6 Å². The van der Waals surface area contributed by atoms with Crippen molar-refractivity contribution in [1.82, 2.24) is 0 Å². The lowest BCUT2D eigenvalue weighted by Crippen LogP contribution is -1.99. The molecule has 0 aliphatic heterocycles. The fourth-order valence-electron chi connectivity index (χ4n) is 1.61. The average molecular weight is 309 g/mol. The van der Waals surface area contributed by atoms with Crippen LogP contribution in [0.25, 0.3) is 0 Å². The third-order valence-electron chi connectivity index (χ3n) is 2.65. The molecular formula is C16H11ClF2O2. The van der Waals surface area contributed by atoms with Gasteiger partial charge in [-0.3, -0.25) is 0 Å². The zero-order valence-electron chi connectivity index (χ0n) is 10.9. The summed E-state index contributed by atoms with van der Waals surface area (Å²) < 4.78 is 32.4. The number of rotatable bonds is 3. The van der Waals surface area contributed by atoms with Gasteiger partial charge >= 0.3 is 0 Å². The predicted molar refractivity (Wildman–Crippen MR) is 76.1 cm³/mol. The molecule has 0 aliphatic rings. The summed E-state index contributed by atoms with van der Waals surface area (Å²) in [5.41, 5.74) is 0.780. The van der Waals surface area contributed by atoms with Crippen molar-refractivity contribution in [3.05, 3.63) is 64.2 Å². The number of benzene rings is 2. The van der Waals surface area contributed by atoms with Gasteiger partial charge in [0.05, 0.1) is 5.02 Å². The van der Waals surface area contributed by atoms with Crippen LogP contribution < -0.4 is 4.74 Å². The molecule has 108 valence electrons. The minimum absolute atomic E-state index is 0.000316. The van der Waals surface area contributed by atoms with E-state index in [4.69, 9.17) is 21.4 Å². The summed E-state index contributed by atoms with van der Waals surface area (Å²) in [6.45, 7) is -0.324. The van der Waals surface area contributed by atoms with Crippen molar-refractivity contribution >= 4 is 11.6 Å². The van der Waals surface area contributed by atoms with Crippen LogP contribution in [0.5, 0.6) is 5.75 Å². The van der Waals surface area contributed by atoms with Gasteiger partial charge in [-0.1, -0.05) is 29.5 Å². The van der Waals surface area contributed by atoms with Crippen LogP contribution in [-0.2, 0) is 6.61 Å². The first-order valence-corrected chi connectivity index (χ1v) is 6.44. The molecule has 2 aromatic rings. The van der Waals surface area contributed by atoms with Crippen molar-refractivity contribution in [2.24, 2.45) is 0 Å². The SMILES string of the molecule is OCC#Cc1ccc(COc2ccc(Cl)c(F)c2)c(F)c1. The average Bonchev–Trinajstić information content (AvgIpc) is 2.47. The highest BCUT2D eigenvalue weighted by Crippen LogP contribution is 2.21. The second-order valence-corrected chi connectivity index (χ2v) is 4.54. The molecule has 0 saturated carbocycles. The Kier molecular flexibility index (Phi) is 5.15. The number of halogens is 3. The van der Waals surface area contributed by atoms with Crippen molar-refractivity contribution in [2.75, 3.05) is 6.61 Å². The van der Waals surface area contributed by atoms with E-state index in [0.29, 0.717) is 11.1 Å². The zero-order valence-corrected chi connectivity index (χ0v) is 11.6. The minimum Gasteiger partial charge on any atom is -0.489 e. The first kappa shape index (κ1) is 15.3. The number of aliphatic hydroxyl groups excluding tert-OH is 1. The molecule has 0 bridgehead atoms. The van der Waals surface area contributed by atoms with Crippen LogP contribution in [0.2, 0.25) is 5.02 Å². The summed E-state index contributed by atoms with van der Waals surface area (Å²) in [5, 5.41) is 8.58. The predicted octanol–water partition coefficient (Wildman–Crippen LogP) is 3.54. The minimum atomic E-state index is -0.593. The summed E-state index contributed by atoms with van der Waals surface area (Å²) in [7, 11) is 0. The van der Waals surface area contributed by atoms with Gasteiger partial charge in [-0.05, 0) is 24.3 Å². The first-order chi connectivity index (χ1) is 10.1. The number of hydrogen-bond donors (Lipinski definition) is 1. The monoisotopic (exact) mass is 308 g/mol. The van der Waals surface area contributed by atoms with E-state index in [1.165, 1.54) is 24.3 Å². The largest absolute Gasteiger partial charge is 0.489 e. The van der Waals surface area contributed by atoms with Crippen LogP contribution in [0, 0.1) is 23.5 Å². The van der Waals surface area contributed by atoms with Gasteiger partial charge in [0.25, 0.3) is 0 Å². The second-order valence-electron chi connectivity index (χ2n) is 4.13. The van der Waals surface area contributed by atoms with Gasteiger partial charge in [-0.2, -0.15) is 0 Å². The van der Waals surface area contributed by atoms with Crippen LogP contribution in [0.4, 0.5) is 8.78 Å². The van der Waals surface area contributed by atoms with Gasteiger partial charge in [0, 0.05) is 17.2 Å². The van der Waals surface area contributed by atoms with Crippen LogP contribution in [0.3, 0.4) is 0 Å².